The van der Waals surface area contributed by atoms with Gasteiger partial charge in [-0.15, -0.1) is 0 Å². The molecule has 31 heavy (non-hydrogen) atoms. The largest absolute Gasteiger partial charge is 0.386 e. The zero-order chi connectivity index (χ0) is 22.1. The van der Waals surface area contributed by atoms with Gasteiger partial charge in [-0.25, -0.2) is 4.39 Å². The van der Waals surface area contributed by atoms with Gasteiger partial charge in [0.2, 0.25) is 5.67 Å². The van der Waals surface area contributed by atoms with Crippen molar-refractivity contribution in [2.45, 2.75) is 37.0 Å². The fourth-order valence-corrected chi connectivity index (χ4v) is 4.57. The number of halogens is 2. The molecule has 0 aliphatic heterocycles. The van der Waals surface area contributed by atoms with Gasteiger partial charge < -0.3 is 5.11 Å². The van der Waals surface area contributed by atoms with Crippen molar-refractivity contribution in [2.75, 3.05) is 0 Å². The Kier molecular flexibility index (Phi) is 5.91. The van der Waals surface area contributed by atoms with Gasteiger partial charge in [0, 0.05) is 34.9 Å². The van der Waals surface area contributed by atoms with E-state index in [1.54, 1.807) is 72.8 Å². The Labute approximate surface area is 189 Å². The highest BCUT2D eigenvalue weighted by molar-refractivity contribution is 9.10. The topological polar surface area (TPSA) is 54.4 Å². The average Bonchev–Trinajstić information content (AvgIpc) is 3.00. The fraction of sp³-hybridized carbons (Fsp3) is 0.231. The molecule has 0 heterocycles. The number of Topliss-reactive ketones (excluding diaryl/α,β-unsaturated/α-hetero) is 1. The molecule has 0 amide bonds. The second-order valence-electron chi connectivity index (χ2n) is 8.09. The van der Waals surface area contributed by atoms with Crippen molar-refractivity contribution in [3.05, 3.63) is 106 Å². The molecule has 3 aromatic rings. The summed E-state index contributed by atoms with van der Waals surface area (Å²) in [6, 6.07) is 22.8. The first kappa shape index (κ1) is 21.6. The summed E-state index contributed by atoms with van der Waals surface area (Å²) in [5.41, 5.74) is -2.20. The minimum atomic E-state index is -2.41. The second kappa shape index (κ2) is 8.48. The summed E-state index contributed by atoms with van der Waals surface area (Å²) in [6.07, 6.45) is -0.323. The lowest BCUT2D eigenvalue weighted by atomic mass is 9.77. The van der Waals surface area contributed by atoms with Gasteiger partial charge in [-0.1, -0.05) is 82.7 Å². The van der Waals surface area contributed by atoms with Crippen LogP contribution in [-0.2, 0) is 17.6 Å². The maximum Gasteiger partial charge on any atom is 0.201 e. The highest BCUT2D eigenvalue weighted by Crippen LogP contribution is 2.44. The minimum Gasteiger partial charge on any atom is -0.386 e. The van der Waals surface area contributed by atoms with Gasteiger partial charge >= 0.3 is 0 Å². The molecule has 0 saturated heterocycles. The van der Waals surface area contributed by atoms with Gasteiger partial charge in [0.15, 0.2) is 11.6 Å². The molecule has 5 heteroatoms. The third-order valence-corrected chi connectivity index (χ3v) is 6.62. The van der Waals surface area contributed by atoms with Crippen LogP contribution < -0.4 is 0 Å². The molecule has 1 fully saturated rings. The standard InChI is InChI=1S/C26H22BrFO3/c27-21-12-10-18(11-13-21)16-26(28)23(29)14-15-25(26,31)17-20-8-4-5-9-22(20)24(30)19-6-2-1-3-7-19/h1-13,31H,14-17H2/t25-,26+/m1/s1. The Morgan fingerprint density at radius 1 is 0.935 bits per heavy atom. The van der Waals surface area contributed by atoms with E-state index in [9.17, 15) is 14.7 Å². The zero-order valence-electron chi connectivity index (χ0n) is 16.9. The molecule has 0 unspecified atom stereocenters. The monoisotopic (exact) mass is 480 g/mol. The zero-order valence-corrected chi connectivity index (χ0v) is 18.4. The van der Waals surface area contributed by atoms with Crippen LogP contribution in [-0.4, -0.2) is 27.9 Å². The van der Waals surface area contributed by atoms with Gasteiger partial charge in [-0.3, -0.25) is 9.59 Å². The quantitative estimate of drug-likeness (QED) is 0.489. The Morgan fingerprint density at radius 3 is 2.29 bits per heavy atom. The molecule has 0 spiro atoms. The summed E-state index contributed by atoms with van der Waals surface area (Å²) in [5.74, 6) is -0.786. The molecule has 4 rings (SSSR count). The second-order valence-corrected chi connectivity index (χ2v) is 9.00. The Morgan fingerprint density at radius 2 is 1.58 bits per heavy atom. The van der Waals surface area contributed by atoms with E-state index in [-0.39, 0.29) is 31.5 Å². The molecular formula is C26H22BrFO3. The molecule has 1 aliphatic rings. The van der Waals surface area contributed by atoms with E-state index in [2.05, 4.69) is 15.9 Å². The van der Waals surface area contributed by atoms with E-state index in [0.717, 1.165) is 4.47 Å². The molecule has 0 bridgehead atoms. The molecule has 158 valence electrons. The van der Waals surface area contributed by atoms with E-state index in [4.69, 9.17) is 0 Å². The maximum absolute atomic E-state index is 16.2. The highest BCUT2D eigenvalue weighted by Gasteiger charge is 2.60. The van der Waals surface area contributed by atoms with Crippen LogP contribution in [0.15, 0.2) is 83.3 Å². The van der Waals surface area contributed by atoms with Crippen LogP contribution in [0.3, 0.4) is 0 Å². The van der Waals surface area contributed by atoms with Gasteiger partial charge in [0.05, 0.1) is 0 Å². The Hall–Kier alpha value is -2.63. The molecule has 1 N–H and O–H groups in total. The van der Waals surface area contributed by atoms with Crippen LogP contribution in [0, 0.1) is 0 Å². The predicted octanol–water partition coefficient (Wildman–Crippen LogP) is 5.27. The summed E-state index contributed by atoms with van der Waals surface area (Å²) < 4.78 is 17.0. The van der Waals surface area contributed by atoms with E-state index in [1.807, 2.05) is 6.07 Å². The van der Waals surface area contributed by atoms with E-state index in [0.29, 0.717) is 22.3 Å². The molecule has 2 atom stereocenters. The number of aliphatic hydroxyl groups is 1. The lowest BCUT2D eigenvalue weighted by Gasteiger charge is -2.35. The van der Waals surface area contributed by atoms with Crippen molar-refractivity contribution in [1.82, 2.24) is 0 Å². The summed E-state index contributed by atoms with van der Waals surface area (Å²) in [6.45, 7) is 0. The third kappa shape index (κ3) is 4.12. The number of alkyl halides is 1. The van der Waals surface area contributed by atoms with Crippen LogP contribution in [0.1, 0.15) is 39.9 Å². The summed E-state index contributed by atoms with van der Waals surface area (Å²) in [4.78, 5) is 25.6. The van der Waals surface area contributed by atoms with E-state index < -0.39 is 17.1 Å². The maximum atomic E-state index is 16.2. The van der Waals surface area contributed by atoms with Crippen LogP contribution in [0.4, 0.5) is 4.39 Å². The van der Waals surface area contributed by atoms with E-state index in [1.165, 1.54) is 0 Å². The minimum absolute atomic E-state index is 0.0206. The number of carbonyl (C=O) groups is 2. The van der Waals surface area contributed by atoms with Gasteiger partial charge in [-0.2, -0.15) is 0 Å². The van der Waals surface area contributed by atoms with Gasteiger partial charge in [-0.05, 0) is 29.7 Å². The average molecular weight is 481 g/mol. The van der Waals surface area contributed by atoms with Gasteiger partial charge in [0.1, 0.15) is 5.60 Å². The van der Waals surface area contributed by atoms with Gasteiger partial charge in [0.25, 0.3) is 0 Å². The molecule has 3 nitrogen and oxygen atoms in total. The third-order valence-electron chi connectivity index (χ3n) is 6.09. The van der Waals surface area contributed by atoms with E-state index >= 15 is 4.39 Å². The number of ketones is 2. The predicted molar refractivity (Wildman–Crippen MR) is 121 cm³/mol. The lowest BCUT2D eigenvalue weighted by Crippen LogP contribution is -2.53. The normalized spacial score (nSPS) is 23.1. The first-order chi connectivity index (χ1) is 14.8. The Balaban J connectivity index is 1.67. The van der Waals surface area contributed by atoms with Crippen LogP contribution in [0.5, 0.6) is 0 Å². The first-order valence-corrected chi connectivity index (χ1v) is 11.0. The molecule has 0 aromatic heterocycles. The first-order valence-electron chi connectivity index (χ1n) is 10.2. The molecule has 3 aromatic carbocycles. The summed E-state index contributed by atoms with van der Waals surface area (Å²) >= 11 is 3.35. The molecule has 1 saturated carbocycles. The molecule has 1 aliphatic carbocycles. The van der Waals surface area contributed by atoms with Crippen molar-refractivity contribution < 1.29 is 19.1 Å². The van der Waals surface area contributed by atoms with Crippen molar-refractivity contribution in [3.8, 4) is 0 Å². The van der Waals surface area contributed by atoms with Crippen molar-refractivity contribution in [2.24, 2.45) is 0 Å². The van der Waals surface area contributed by atoms with Crippen LogP contribution >= 0.6 is 15.9 Å². The summed E-state index contributed by atoms with van der Waals surface area (Å²) in [7, 11) is 0. The number of rotatable bonds is 6. The molecule has 0 radical (unpaired) electrons. The van der Waals surface area contributed by atoms with Crippen LogP contribution in [0.2, 0.25) is 0 Å². The van der Waals surface area contributed by atoms with Crippen LogP contribution in [0.25, 0.3) is 0 Å². The fourth-order valence-electron chi connectivity index (χ4n) is 4.31. The van der Waals surface area contributed by atoms with Crippen molar-refractivity contribution >= 4 is 27.5 Å². The lowest BCUT2D eigenvalue weighted by molar-refractivity contribution is -0.141. The summed E-state index contributed by atoms with van der Waals surface area (Å²) in [5, 5.41) is 11.4. The van der Waals surface area contributed by atoms with Crippen molar-refractivity contribution in [3.63, 3.8) is 0 Å². The molecular weight excluding hydrogens is 459 g/mol. The SMILES string of the molecule is O=C(c1ccccc1)c1ccccc1C[C@]1(O)CCC(=O)[C@@]1(F)Cc1ccc(Br)cc1. The smallest absolute Gasteiger partial charge is 0.201 e. The Bertz CT molecular complexity index is 1110. The number of hydrogen-bond acceptors (Lipinski definition) is 3. The highest BCUT2D eigenvalue weighted by atomic mass is 79.9. The number of carbonyl (C=O) groups excluding carboxylic acids is 2. The number of benzene rings is 3. The van der Waals surface area contributed by atoms with Crippen molar-refractivity contribution in [1.29, 1.82) is 0 Å². The number of hydrogen-bond donors (Lipinski definition) is 1.